The van der Waals surface area contributed by atoms with Crippen molar-refractivity contribution in [3.63, 3.8) is 0 Å². The van der Waals surface area contributed by atoms with E-state index in [0.717, 1.165) is 5.56 Å². The number of ether oxygens (including phenoxy) is 2. The number of nitrogens with zero attached hydrogens (tertiary/aromatic N) is 1. The van der Waals surface area contributed by atoms with Crippen molar-refractivity contribution in [2.45, 2.75) is 6.54 Å². The van der Waals surface area contributed by atoms with Gasteiger partial charge in [0.1, 0.15) is 5.75 Å². The number of carbonyl (C=O) groups is 1. The number of hydrogen-bond acceptors (Lipinski definition) is 6. The Balaban J connectivity index is 1.82. The van der Waals surface area contributed by atoms with E-state index in [1.165, 1.54) is 7.11 Å². The Labute approximate surface area is 167 Å². The molecule has 27 heavy (non-hydrogen) atoms. The lowest BCUT2D eigenvalue weighted by molar-refractivity contribution is -0.254. The number of anilines is 2. The first kappa shape index (κ1) is 19.6. The quantitative estimate of drug-likeness (QED) is 0.790. The minimum absolute atomic E-state index is 0.137. The predicted octanol–water partition coefficient (Wildman–Crippen LogP) is 2.81. The lowest BCUT2D eigenvalue weighted by Gasteiger charge is -2.31. The summed E-state index contributed by atoms with van der Waals surface area (Å²) in [5, 5.41) is 15.7. The second kappa shape index (κ2) is 8.69. The van der Waals surface area contributed by atoms with Gasteiger partial charge in [0, 0.05) is 47.2 Å². The average molecular weight is 410 g/mol. The van der Waals surface area contributed by atoms with E-state index in [1.54, 1.807) is 24.3 Å². The Bertz CT molecular complexity index is 839. The van der Waals surface area contributed by atoms with E-state index in [-0.39, 0.29) is 5.56 Å². The van der Waals surface area contributed by atoms with Gasteiger partial charge in [-0.3, -0.25) is 0 Å². The summed E-state index contributed by atoms with van der Waals surface area (Å²) in [4.78, 5) is 13.6. The van der Waals surface area contributed by atoms with Crippen molar-refractivity contribution < 1.29 is 19.4 Å². The molecule has 1 aliphatic heterocycles. The van der Waals surface area contributed by atoms with Crippen LogP contribution in [0.15, 0.2) is 30.3 Å². The highest BCUT2D eigenvalue weighted by atomic mass is 35.5. The number of halogens is 2. The van der Waals surface area contributed by atoms with Gasteiger partial charge in [-0.15, -0.1) is 0 Å². The fourth-order valence-electron chi connectivity index (χ4n) is 3.06. The molecular weight excluding hydrogens is 391 g/mol. The number of methoxy groups -OCH3 is 1. The maximum atomic E-state index is 11.6. The van der Waals surface area contributed by atoms with E-state index in [4.69, 9.17) is 32.7 Å². The minimum Gasteiger partial charge on any atom is -0.545 e. The summed E-state index contributed by atoms with van der Waals surface area (Å²) in [5.74, 6) is -0.692. The van der Waals surface area contributed by atoms with Crippen LogP contribution in [-0.4, -0.2) is 39.4 Å². The normalized spacial score (nSPS) is 14.1. The topological polar surface area (TPSA) is 73.9 Å². The van der Waals surface area contributed by atoms with Crippen molar-refractivity contribution in [1.29, 1.82) is 0 Å². The second-order valence-electron chi connectivity index (χ2n) is 6.05. The zero-order chi connectivity index (χ0) is 19.4. The summed E-state index contributed by atoms with van der Waals surface area (Å²) in [5.41, 5.74) is 2.18. The van der Waals surface area contributed by atoms with Crippen LogP contribution in [-0.2, 0) is 11.3 Å². The Morgan fingerprint density at radius 3 is 2.67 bits per heavy atom. The molecule has 1 fully saturated rings. The summed E-state index contributed by atoms with van der Waals surface area (Å²) < 4.78 is 10.7. The molecule has 1 saturated heterocycles. The van der Waals surface area contributed by atoms with Gasteiger partial charge >= 0.3 is 0 Å². The van der Waals surface area contributed by atoms with Gasteiger partial charge in [-0.05, 0) is 30.3 Å². The molecular formula is C19H19Cl2N2O4-. The Kier molecular flexibility index (Phi) is 6.31. The smallest absolute Gasteiger partial charge is 0.142 e. The lowest BCUT2D eigenvalue weighted by Crippen LogP contribution is -2.38. The number of carbonyl (C=O) groups excluding carboxylic acids is 1. The highest BCUT2D eigenvalue weighted by Gasteiger charge is 2.16. The third kappa shape index (κ3) is 4.58. The zero-order valence-electron chi connectivity index (χ0n) is 14.8. The maximum Gasteiger partial charge on any atom is 0.142 e. The van der Waals surface area contributed by atoms with E-state index in [9.17, 15) is 9.90 Å². The average Bonchev–Trinajstić information content (AvgIpc) is 2.66. The third-order valence-corrected chi connectivity index (χ3v) is 4.84. The van der Waals surface area contributed by atoms with Gasteiger partial charge in [-0.25, -0.2) is 0 Å². The molecule has 1 aliphatic rings. The first-order valence-corrected chi connectivity index (χ1v) is 9.19. The van der Waals surface area contributed by atoms with Crippen LogP contribution in [0.25, 0.3) is 0 Å². The lowest BCUT2D eigenvalue weighted by atomic mass is 10.1. The fraction of sp³-hybridized carbons (Fsp3) is 0.316. The molecule has 0 bridgehead atoms. The fourth-order valence-corrected chi connectivity index (χ4v) is 3.67. The summed E-state index contributed by atoms with van der Waals surface area (Å²) in [6.07, 6.45) is 0. The number of morpholine rings is 1. The summed E-state index contributed by atoms with van der Waals surface area (Å²) >= 11 is 12.2. The highest BCUT2D eigenvalue weighted by Crippen LogP contribution is 2.33. The molecule has 2 aromatic carbocycles. The molecule has 2 aromatic rings. The van der Waals surface area contributed by atoms with E-state index >= 15 is 0 Å². The van der Waals surface area contributed by atoms with Gasteiger partial charge in [0.15, 0.2) is 0 Å². The molecule has 0 spiro atoms. The van der Waals surface area contributed by atoms with Crippen molar-refractivity contribution in [2.24, 2.45) is 0 Å². The molecule has 0 aliphatic carbocycles. The highest BCUT2D eigenvalue weighted by molar-refractivity contribution is 6.35. The van der Waals surface area contributed by atoms with Crippen molar-refractivity contribution in [1.82, 2.24) is 0 Å². The zero-order valence-corrected chi connectivity index (χ0v) is 16.3. The molecule has 0 saturated carbocycles. The number of nitrogens with one attached hydrogen (secondary N) is 1. The van der Waals surface area contributed by atoms with Crippen molar-refractivity contribution in [3.05, 3.63) is 51.5 Å². The first-order chi connectivity index (χ1) is 13.0. The molecule has 0 atom stereocenters. The van der Waals surface area contributed by atoms with Crippen LogP contribution < -0.4 is 20.1 Å². The van der Waals surface area contributed by atoms with Crippen molar-refractivity contribution in [3.8, 4) is 5.75 Å². The summed E-state index contributed by atoms with van der Waals surface area (Å²) in [7, 11) is 1.53. The summed E-state index contributed by atoms with van der Waals surface area (Å²) in [6, 6.07) is 8.54. The van der Waals surface area contributed by atoms with Gasteiger partial charge in [-0.2, -0.15) is 0 Å². The predicted molar refractivity (Wildman–Crippen MR) is 104 cm³/mol. The van der Waals surface area contributed by atoms with Crippen molar-refractivity contribution in [2.75, 3.05) is 43.6 Å². The van der Waals surface area contributed by atoms with E-state index in [2.05, 4.69) is 5.32 Å². The Hall–Kier alpha value is -2.15. The third-order valence-electron chi connectivity index (χ3n) is 4.34. The van der Waals surface area contributed by atoms with E-state index < -0.39 is 5.97 Å². The standard InChI is InChI=1S/C19H20Cl2N2O4/c1-26-18-12(8-13(20)9-16(18)21)11-22-14-2-3-17(15(10-14)19(24)25)23-4-6-27-7-5-23/h2-3,8-10,22H,4-7,11H2,1H3,(H,24,25)/p-1. The molecule has 144 valence electrons. The second-order valence-corrected chi connectivity index (χ2v) is 6.90. The van der Waals surface area contributed by atoms with Gasteiger partial charge in [0.2, 0.25) is 0 Å². The number of carboxylic acids is 1. The van der Waals surface area contributed by atoms with Crippen LogP contribution in [0.1, 0.15) is 15.9 Å². The maximum absolute atomic E-state index is 11.6. The SMILES string of the molecule is COc1c(Cl)cc(Cl)cc1CNc1ccc(N2CCOCC2)c(C(=O)[O-])c1. The van der Waals surface area contributed by atoms with Crippen LogP contribution in [0, 0.1) is 0 Å². The van der Waals surface area contributed by atoms with Gasteiger partial charge in [-0.1, -0.05) is 23.2 Å². The minimum atomic E-state index is -1.22. The molecule has 1 N–H and O–H groups in total. The molecule has 3 rings (SSSR count). The van der Waals surface area contributed by atoms with Crippen LogP contribution >= 0.6 is 23.2 Å². The van der Waals surface area contributed by atoms with Crippen LogP contribution in [0.3, 0.4) is 0 Å². The number of benzene rings is 2. The molecule has 8 heteroatoms. The number of hydrogen-bond donors (Lipinski definition) is 1. The molecule has 6 nitrogen and oxygen atoms in total. The molecule has 0 radical (unpaired) electrons. The van der Waals surface area contributed by atoms with Gasteiger partial charge < -0.3 is 29.6 Å². The Morgan fingerprint density at radius 1 is 1.26 bits per heavy atom. The van der Waals surface area contributed by atoms with Gasteiger partial charge in [0.25, 0.3) is 0 Å². The Morgan fingerprint density at radius 2 is 2.00 bits per heavy atom. The summed E-state index contributed by atoms with van der Waals surface area (Å²) in [6.45, 7) is 2.80. The monoisotopic (exact) mass is 409 g/mol. The van der Waals surface area contributed by atoms with E-state index in [0.29, 0.717) is 60.0 Å². The van der Waals surface area contributed by atoms with Gasteiger partial charge in [0.05, 0.1) is 31.3 Å². The molecule has 0 unspecified atom stereocenters. The first-order valence-electron chi connectivity index (χ1n) is 8.43. The molecule has 0 aromatic heterocycles. The number of rotatable bonds is 6. The van der Waals surface area contributed by atoms with E-state index in [1.807, 2.05) is 11.0 Å². The molecule has 0 amide bonds. The number of carboxylic acid groups (broad SMARTS) is 1. The van der Waals surface area contributed by atoms with Crippen LogP contribution in [0.2, 0.25) is 10.0 Å². The van der Waals surface area contributed by atoms with Crippen molar-refractivity contribution >= 4 is 40.5 Å². The largest absolute Gasteiger partial charge is 0.545 e. The number of aromatic carboxylic acids is 1. The molecule has 1 heterocycles. The van der Waals surface area contributed by atoms with Crippen LogP contribution in [0.4, 0.5) is 11.4 Å². The van der Waals surface area contributed by atoms with Crippen LogP contribution in [0.5, 0.6) is 5.75 Å².